The Bertz CT molecular complexity index is 1440. The van der Waals surface area contributed by atoms with Gasteiger partial charge in [-0.3, -0.25) is 25.2 Å². The molecule has 41 heavy (non-hydrogen) atoms. The Morgan fingerprint density at radius 1 is 0.976 bits per heavy atom. The van der Waals surface area contributed by atoms with Crippen molar-refractivity contribution < 1.29 is 24.3 Å². The molecule has 0 aromatic heterocycles. The van der Waals surface area contributed by atoms with Crippen LogP contribution in [0.4, 0.5) is 5.69 Å². The van der Waals surface area contributed by atoms with Crippen molar-refractivity contribution in [2.75, 3.05) is 31.1 Å². The number of hydrogen-bond acceptors (Lipinski definition) is 6. The zero-order chi connectivity index (χ0) is 29.2. The number of aryl methyl sites for hydroxylation is 1. The second kappa shape index (κ2) is 14.1. The quantitative estimate of drug-likeness (QED) is 0.201. The van der Waals surface area contributed by atoms with Crippen molar-refractivity contribution in [1.29, 1.82) is 0 Å². The molecule has 3 amide bonds. The third-order valence-corrected chi connectivity index (χ3v) is 7.00. The van der Waals surface area contributed by atoms with E-state index in [0.29, 0.717) is 17.2 Å². The topological polar surface area (TPSA) is 140 Å². The van der Waals surface area contributed by atoms with Crippen LogP contribution in [-0.2, 0) is 20.8 Å². The molecule has 1 heterocycles. The van der Waals surface area contributed by atoms with Crippen molar-refractivity contribution in [3.8, 4) is 0 Å². The number of rotatable bonds is 9. The average Bonchev–Trinajstić information content (AvgIpc) is 3.27. The highest BCUT2D eigenvalue weighted by molar-refractivity contribution is 5.98. The lowest BCUT2D eigenvalue weighted by Crippen LogP contribution is -2.41. The van der Waals surface area contributed by atoms with Gasteiger partial charge in [-0.25, -0.2) is 4.79 Å². The average molecular weight is 558 g/mol. The first-order valence-corrected chi connectivity index (χ1v) is 13.7. The summed E-state index contributed by atoms with van der Waals surface area (Å²) < 4.78 is 0. The van der Waals surface area contributed by atoms with Crippen LogP contribution in [0.3, 0.4) is 0 Å². The molecule has 10 nitrogen and oxygen atoms in total. The molecular formula is C31H35N5O5. The van der Waals surface area contributed by atoms with Crippen molar-refractivity contribution in [2.45, 2.75) is 32.2 Å². The molecule has 0 radical (unpaired) electrons. The van der Waals surface area contributed by atoms with Crippen molar-refractivity contribution in [3.63, 3.8) is 0 Å². The minimum atomic E-state index is -1.27. The second-order valence-electron chi connectivity index (χ2n) is 9.90. The summed E-state index contributed by atoms with van der Waals surface area (Å²) in [5.41, 5.74) is 7.57. The number of fused-ring (bicyclic) bond motifs is 1. The highest BCUT2D eigenvalue weighted by Gasteiger charge is 2.20. The molecule has 0 unspecified atom stereocenters. The Labute approximate surface area is 238 Å². The second-order valence-corrected chi connectivity index (χ2v) is 9.90. The highest BCUT2D eigenvalue weighted by Crippen LogP contribution is 2.26. The lowest BCUT2D eigenvalue weighted by atomic mass is 9.98. The summed E-state index contributed by atoms with van der Waals surface area (Å²) in [5, 5.41) is 17.3. The van der Waals surface area contributed by atoms with Gasteiger partial charge in [0, 0.05) is 49.5 Å². The number of carboxylic acid groups (broad SMARTS) is 1. The third kappa shape index (κ3) is 8.15. The Balaban J connectivity index is 1.51. The fourth-order valence-corrected chi connectivity index (χ4v) is 4.91. The lowest BCUT2D eigenvalue weighted by molar-refractivity contribution is -0.131. The number of nitrogens with zero attached hydrogens (tertiary/aromatic N) is 1. The van der Waals surface area contributed by atoms with Gasteiger partial charge in [0.2, 0.25) is 5.91 Å². The third-order valence-electron chi connectivity index (χ3n) is 7.00. The predicted molar refractivity (Wildman–Crippen MR) is 157 cm³/mol. The molecule has 0 saturated carbocycles. The maximum Gasteiger partial charge on any atom is 0.328 e. The monoisotopic (exact) mass is 557 g/mol. The molecule has 0 bridgehead atoms. The molecule has 1 atom stereocenters. The van der Waals surface area contributed by atoms with Crippen molar-refractivity contribution in [1.82, 2.24) is 21.5 Å². The minimum absolute atomic E-state index is 0.00899. The Hall–Kier alpha value is -4.70. The van der Waals surface area contributed by atoms with Crippen LogP contribution in [-0.4, -0.2) is 55.0 Å². The smallest absolute Gasteiger partial charge is 0.328 e. The number of carbonyl (C=O) groups is 4. The maximum absolute atomic E-state index is 13.7. The van der Waals surface area contributed by atoms with Crippen LogP contribution in [0.15, 0.2) is 72.8 Å². The number of hydrogen-bond donors (Lipinski definition) is 5. The van der Waals surface area contributed by atoms with Crippen LogP contribution in [0.1, 0.15) is 47.3 Å². The van der Waals surface area contributed by atoms with Gasteiger partial charge in [-0.15, -0.1) is 0 Å². The number of nitrogens with one attached hydrogen (secondary N) is 4. The lowest BCUT2D eigenvalue weighted by Gasteiger charge is -2.24. The largest absolute Gasteiger partial charge is 0.478 e. The number of anilines is 1. The molecule has 0 spiro atoms. The van der Waals surface area contributed by atoms with Gasteiger partial charge >= 0.3 is 5.97 Å². The normalized spacial score (nSPS) is 14.3. The molecule has 0 aliphatic carbocycles. The van der Waals surface area contributed by atoms with Gasteiger partial charge < -0.3 is 20.6 Å². The number of aliphatic carboxylic acids is 1. The van der Waals surface area contributed by atoms with Gasteiger partial charge in [0.1, 0.15) is 0 Å². The highest BCUT2D eigenvalue weighted by atomic mass is 16.4. The molecule has 214 valence electrons. The molecule has 3 aromatic rings. The zero-order valence-electron chi connectivity index (χ0n) is 23.0. The van der Waals surface area contributed by atoms with Crippen LogP contribution in [0.5, 0.6) is 0 Å². The first-order valence-electron chi connectivity index (χ1n) is 13.7. The summed E-state index contributed by atoms with van der Waals surface area (Å²) in [5.74, 6) is -2.74. The van der Waals surface area contributed by atoms with E-state index in [1.54, 1.807) is 0 Å². The Morgan fingerprint density at radius 3 is 2.61 bits per heavy atom. The van der Waals surface area contributed by atoms with E-state index in [4.69, 9.17) is 5.11 Å². The minimum Gasteiger partial charge on any atom is -0.478 e. The molecule has 1 saturated heterocycles. The van der Waals surface area contributed by atoms with Gasteiger partial charge in [-0.05, 0) is 60.3 Å². The van der Waals surface area contributed by atoms with E-state index >= 15 is 0 Å². The molecule has 1 fully saturated rings. The fourth-order valence-electron chi connectivity index (χ4n) is 4.91. The number of amides is 3. The van der Waals surface area contributed by atoms with Gasteiger partial charge in [0.25, 0.3) is 11.8 Å². The molecule has 10 heteroatoms. The van der Waals surface area contributed by atoms with Crippen LogP contribution in [0.2, 0.25) is 0 Å². The molecule has 1 aliphatic heterocycles. The summed E-state index contributed by atoms with van der Waals surface area (Å²) in [7, 11) is 0. The number of carboxylic acids is 1. The van der Waals surface area contributed by atoms with Crippen molar-refractivity contribution >= 4 is 40.2 Å². The molecular weight excluding hydrogens is 522 g/mol. The number of hydrazine groups is 1. The molecule has 3 aromatic carbocycles. The SMILES string of the molecule is C[C@@H](NC(=O)c1cc(N2CCCNCC2)ccc1CCC(=O)NNC(=O)/C=C/C(=O)O)c1cccc2ccccc12. The standard InChI is InChI=1S/C31H35N5O5/c1-21(25-9-4-7-22-6-2-3-8-26(22)25)33-31(41)27-20-24(36-18-5-16-32-17-19-36)12-10-23(27)11-13-28(37)34-35-29(38)14-15-30(39)40/h2-4,6-10,12,14-15,20-21,32H,5,11,13,16-19H2,1H3,(H,33,41)(H,34,37)(H,35,38)(H,39,40)/b15-14+/t21-/m1/s1. The van der Waals surface area contributed by atoms with Crippen LogP contribution < -0.4 is 26.4 Å². The van der Waals surface area contributed by atoms with E-state index in [0.717, 1.165) is 60.7 Å². The molecule has 1 aliphatic rings. The van der Waals surface area contributed by atoms with Gasteiger partial charge in [0.15, 0.2) is 0 Å². The summed E-state index contributed by atoms with van der Waals surface area (Å²) in [4.78, 5) is 50.6. The van der Waals surface area contributed by atoms with E-state index in [9.17, 15) is 19.2 Å². The first kappa shape index (κ1) is 29.3. The number of carbonyl (C=O) groups excluding carboxylic acids is 3. The summed E-state index contributed by atoms with van der Waals surface area (Å²) in [6.45, 7) is 5.46. The van der Waals surface area contributed by atoms with E-state index in [-0.39, 0.29) is 24.8 Å². The van der Waals surface area contributed by atoms with Crippen LogP contribution in [0.25, 0.3) is 10.8 Å². The maximum atomic E-state index is 13.7. The molecule has 5 N–H and O–H groups in total. The summed E-state index contributed by atoms with van der Waals surface area (Å²) in [6, 6.07) is 19.6. The van der Waals surface area contributed by atoms with E-state index < -0.39 is 17.8 Å². The van der Waals surface area contributed by atoms with Crippen LogP contribution >= 0.6 is 0 Å². The van der Waals surface area contributed by atoms with Crippen LogP contribution in [0, 0.1) is 0 Å². The zero-order valence-corrected chi connectivity index (χ0v) is 23.0. The Kier molecular flexibility index (Phi) is 10.1. The fraction of sp³-hybridized carbons (Fsp3) is 0.290. The van der Waals surface area contributed by atoms with Gasteiger partial charge in [-0.1, -0.05) is 48.5 Å². The van der Waals surface area contributed by atoms with Gasteiger partial charge in [0.05, 0.1) is 6.04 Å². The van der Waals surface area contributed by atoms with E-state index in [1.165, 1.54) is 0 Å². The Morgan fingerprint density at radius 2 is 1.78 bits per heavy atom. The van der Waals surface area contributed by atoms with E-state index in [2.05, 4.69) is 26.4 Å². The summed E-state index contributed by atoms with van der Waals surface area (Å²) in [6.07, 6.45) is 2.75. The van der Waals surface area contributed by atoms with Crippen molar-refractivity contribution in [2.24, 2.45) is 0 Å². The predicted octanol–water partition coefficient (Wildman–Crippen LogP) is 2.85. The van der Waals surface area contributed by atoms with Gasteiger partial charge in [-0.2, -0.15) is 0 Å². The molecule has 4 rings (SSSR count). The van der Waals surface area contributed by atoms with Crippen molar-refractivity contribution in [3.05, 3.63) is 89.5 Å². The first-order chi connectivity index (χ1) is 19.8. The summed E-state index contributed by atoms with van der Waals surface area (Å²) >= 11 is 0. The van der Waals surface area contributed by atoms with E-state index in [1.807, 2.05) is 67.6 Å². The number of benzene rings is 3.